The molecule has 0 aromatic rings. The van der Waals surface area contributed by atoms with Gasteiger partial charge in [0.25, 0.3) is 0 Å². The van der Waals surface area contributed by atoms with Crippen LogP contribution in [0.1, 0.15) is 51.9 Å². The van der Waals surface area contributed by atoms with Crippen LogP contribution in [0.15, 0.2) is 61.8 Å². The van der Waals surface area contributed by atoms with Crippen LogP contribution in [0.2, 0.25) is 0 Å². The van der Waals surface area contributed by atoms with E-state index in [2.05, 4.69) is 38.3 Å². The van der Waals surface area contributed by atoms with Crippen molar-refractivity contribution in [2.75, 3.05) is 27.8 Å². The van der Waals surface area contributed by atoms with Crippen molar-refractivity contribution < 1.29 is 28.5 Å². The van der Waals surface area contributed by atoms with E-state index in [1.807, 2.05) is 18.2 Å². The van der Waals surface area contributed by atoms with Crippen molar-refractivity contribution in [3.05, 3.63) is 61.8 Å². The van der Waals surface area contributed by atoms with Gasteiger partial charge in [-0.1, -0.05) is 55.5 Å². The first-order valence-corrected chi connectivity index (χ1v) is 11.2. The fraction of sp³-hybridized carbons (Fsp3) is 0.577. The van der Waals surface area contributed by atoms with Crippen LogP contribution in [0.5, 0.6) is 0 Å². The highest BCUT2D eigenvalue weighted by atomic mass is 16.7. The molecular formula is C26H42O6. The maximum Gasteiger partial charge on any atom is 0.306 e. The number of methoxy groups -OCH3 is 2. The first kappa shape index (κ1) is 30.0. The van der Waals surface area contributed by atoms with Crippen LogP contribution < -0.4 is 0 Å². The number of hydrogen-bond donors (Lipinski definition) is 0. The second-order valence-corrected chi connectivity index (χ2v) is 7.09. The first-order chi connectivity index (χ1) is 15.6. The third-order valence-electron chi connectivity index (χ3n) is 4.34. The van der Waals surface area contributed by atoms with Crippen molar-refractivity contribution >= 4 is 5.97 Å². The van der Waals surface area contributed by atoms with Gasteiger partial charge in [-0.15, -0.1) is 13.2 Å². The van der Waals surface area contributed by atoms with Crippen molar-refractivity contribution in [2.45, 2.75) is 70.2 Å². The van der Waals surface area contributed by atoms with Crippen molar-refractivity contribution in [3.63, 3.8) is 0 Å². The summed E-state index contributed by atoms with van der Waals surface area (Å²) in [6, 6.07) is 0. The molecule has 0 saturated heterocycles. The Balaban J connectivity index is 5.39. The van der Waals surface area contributed by atoms with Crippen LogP contribution in [0.4, 0.5) is 0 Å². The lowest BCUT2D eigenvalue weighted by atomic mass is 10.1. The van der Waals surface area contributed by atoms with E-state index in [4.69, 9.17) is 23.7 Å². The fourth-order valence-electron chi connectivity index (χ4n) is 2.72. The van der Waals surface area contributed by atoms with Crippen molar-refractivity contribution in [1.29, 1.82) is 0 Å². The Hall–Kier alpha value is -1.99. The molecular weight excluding hydrogens is 408 g/mol. The molecule has 0 aliphatic rings. The average Bonchev–Trinajstić information content (AvgIpc) is 2.79. The number of hydrogen-bond acceptors (Lipinski definition) is 6. The Kier molecular flexibility index (Phi) is 20.8. The summed E-state index contributed by atoms with van der Waals surface area (Å²) in [6.45, 7) is 9.81. The minimum absolute atomic E-state index is 0.0769. The molecule has 0 aromatic heterocycles. The van der Waals surface area contributed by atoms with Gasteiger partial charge in [-0.3, -0.25) is 4.79 Å². The summed E-state index contributed by atoms with van der Waals surface area (Å²) in [5.41, 5.74) is 0. The number of rotatable bonds is 21. The Morgan fingerprint density at radius 3 is 2.28 bits per heavy atom. The van der Waals surface area contributed by atoms with Gasteiger partial charge in [-0.25, -0.2) is 0 Å². The zero-order valence-electron chi connectivity index (χ0n) is 20.1. The van der Waals surface area contributed by atoms with Gasteiger partial charge >= 0.3 is 5.97 Å². The summed E-state index contributed by atoms with van der Waals surface area (Å²) in [7, 11) is 3.13. The SMILES string of the molecule is C=CCCCC(=O)O[C@H](C/C=C\C/C=C\CC)[C@H](/C=C/[C@@H](CC=C)OCOC)OCOC. The highest BCUT2D eigenvalue weighted by molar-refractivity contribution is 5.69. The van der Waals surface area contributed by atoms with Crippen LogP contribution in [-0.4, -0.2) is 52.1 Å². The molecule has 0 fully saturated rings. The van der Waals surface area contributed by atoms with E-state index in [0.29, 0.717) is 25.7 Å². The second kappa shape index (κ2) is 22.2. The molecule has 0 N–H and O–H groups in total. The molecule has 0 aromatic carbocycles. The Morgan fingerprint density at radius 1 is 0.906 bits per heavy atom. The third kappa shape index (κ3) is 16.7. The average molecular weight is 451 g/mol. The Morgan fingerprint density at radius 2 is 1.62 bits per heavy atom. The molecule has 6 nitrogen and oxygen atoms in total. The molecule has 0 radical (unpaired) electrons. The quantitative estimate of drug-likeness (QED) is 0.0972. The molecule has 0 bridgehead atoms. The van der Waals surface area contributed by atoms with Crippen LogP contribution in [0, 0.1) is 0 Å². The van der Waals surface area contributed by atoms with Crippen LogP contribution in [0.3, 0.4) is 0 Å². The van der Waals surface area contributed by atoms with E-state index < -0.39 is 12.2 Å². The molecule has 0 spiro atoms. The predicted octanol–water partition coefficient (Wildman–Crippen LogP) is 5.67. The number of carbonyl (C=O) groups excluding carboxylic acids is 1. The summed E-state index contributed by atoms with van der Waals surface area (Å²) in [6.07, 6.45) is 19.2. The Bertz CT molecular complexity index is 567. The summed E-state index contributed by atoms with van der Waals surface area (Å²) in [4.78, 5) is 12.4. The van der Waals surface area contributed by atoms with E-state index in [-0.39, 0.29) is 25.7 Å². The van der Waals surface area contributed by atoms with Gasteiger partial charge in [0.05, 0.1) is 6.10 Å². The molecule has 0 aliphatic carbocycles. The van der Waals surface area contributed by atoms with Gasteiger partial charge in [-0.2, -0.15) is 0 Å². The largest absolute Gasteiger partial charge is 0.459 e. The lowest BCUT2D eigenvalue weighted by Gasteiger charge is -2.25. The van der Waals surface area contributed by atoms with Gasteiger partial charge in [0.1, 0.15) is 25.8 Å². The molecule has 182 valence electrons. The van der Waals surface area contributed by atoms with E-state index in [9.17, 15) is 4.79 Å². The van der Waals surface area contributed by atoms with Gasteiger partial charge in [0.2, 0.25) is 0 Å². The first-order valence-electron chi connectivity index (χ1n) is 11.2. The van der Waals surface area contributed by atoms with Crippen LogP contribution in [0.25, 0.3) is 0 Å². The minimum atomic E-state index is -0.493. The third-order valence-corrected chi connectivity index (χ3v) is 4.34. The number of esters is 1. The highest BCUT2D eigenvalue weighted by Gasteiger charge is 2.23. The molecule has 0 aliphatic heterocycles. The predicted molar refractivity (Wildman–Crippen MR) is 129 cm³/mol. The summed E-state index contributed by atoms with van der Waals surface area (Å²) >= 11 is 0. The number of carbonyl (C=O) groups is 1. The van der Waals surface area contributed by atoms with Gasteiger partial charge in [0, 0.05) is 27.1 Å². The fourth-order valence-corrected chi connectivity index (χ4v) is 2.72. The van der Waals surface area contributed by atoms with Crippen LogP contribution >= 0.6 is 0 Å². The minimum Gasteiger partial charge on any atom is -0.459 e. The smallest absolute Gasteiger partial charge is 0.306 e. The summed E-state index contributed by atoms with van der Waals surface area (Å²) in [5.74, 6) is -0.256. The van der Waals surface area contributed by atoms with Crippen LogP contribution in [-0.2, 0) is 28.5 Å². The maximum absolute atomic E-state index is 12.4. The van der Waals surface area contributed by atoms with Gasteiger partial charge < -0.3 is 23.7 Å². The zero-order valence-corrected chi connectivity index (χ0v) is 20.1. The van der Waals surface area contributed by atoms with Crippen molar-refractivity contribution in [1.82, 2.24) is 0 Å². The zero-order chi connectivity index (χ0) is 23.9. The molecule has 0 heterocycles. The molecule has 3 atom stereocenters. The topological polar surface area (TPSA) is 63.2 Å². The Labute approximate surface area is 194 Å². The summed E-state index contributed by atoms with van der Waals surface area (Å²) < 4.78 is 27.4. The molecule has 0 rings (SSSR count). The summed E-state index contributed by atoms with van der Waals surface area (Å²) in [5, 5.41) is 0. The van der Waals surface area contributed by atoms with E-state index in [0.717, 1.165) is 19.3 Å². The number of allylic oxidation sites excluding steroid dienone is 4. The molecule has 0 unspecified atom stereocenters. The van der Waals surface area contributed by atoms with Crippen molar-refractivity contribution in [3.8, 4) is 0 Å². The standard InChI is InChI=1S/C26H42O6/c1-6-9-11-12-13-15-17-25(32-26(27)18-14-10-7-2)24(31-22-29-5)20-19-23(16-8-3)30-21-28-4/h7-9,11,13,15,19-20,23-25H,2-3,6,10,12,14,16-18,21-22H2,1,4-5H3/b11-9-,15-13-,20-19+/t23-,24+,25-/m1/s1. The molecule has 0 amide bonds. The number of ether oxygens (including phenoxy) is 5. The highest BCUT2D eigenvalue weighted by Crippen LogP contribution is 2.16. The monoisotopic (exact) mass is 450 g/mol. The molecule has 32 heavy (non-hydrogen) atoms. The van der Waals surface area contributed by atoms with Gasteiger partial charge in [-0.05, 0) is 32.1 Å². The molecule has 6 heteroatoms. The second-order valence-electron chi connectivity index (χ2n) is 7.09. The van der Waals surface area contributed by atoms with E-state index in [1.165, 1.54) is 0 Å². The van der Waals surface area contributed by atoms with E-state index in [1.54, 1.807) is 26.4 Å². The lowest BCUT2D eigenvalue weighted by Crippen LogP contribution is -2.33. The van der Waals surface area contributed by atoms with E-state index >= 15 is 0 Å². The number of unbranched alkanes of at least 4 members (excludes halogenated alkanes) is 1. The maximum atomic E-state index is 12.4. The lowest BCUT2D eigenvalue weighted by molar-refractivity contribution is -0.160. The van der Waals surface area contributed by atoms with Gasteiger partial charge in [0.15, 0.2) is 0 Å². The normalized spacial score (nSPS) is 14.7. The van der Waals surface area contributed by atoms with Crippen molar-refractivity contribution in [2.24, 2.45) is 0 Å². The molecule has 0 saturated carbocycles.